The second-order valence-corrected chi connectivity index (χ2v) is 7.71. The molecule has 1 saturated heterocycles. The molecule has 21 heavy (non-hydrogen) atoms. The van der Waals surface area contributed by atoms with Crippen molar-refractivity contribution in [1.82, 2.24) is 5.32 Å². The van der Waals surface area contributed by atoms with Gasteiger partial charge in [0.05, 0.1) is 18.1 Å². The topological polar surface area (TPSA) is 75.3 Å². The summed E-state index contributed by atoms with van der Waals surface area (Å²) < 4.78 is 22.7. The molecular formula is C15H22N2O3S. The van der Waals surface area contributed by atoms with E-state index in [1.807, 2.05) is 25.1 Å². The summed E-state index contributed by atoms with van der Waals surface area (Å²) in [6, 6.07) is 5.80. The van der Waals surface area contributed by atoms with Gasteiger partial charge in [0.1, 0.15) is 0 Å². The van der Waals surface area contributed by atoms with Crippen LogP contribution in [0.1, 0.15) is 24.5 Å². The number of rotatable bonds is 5. The highest BCUT2D eigenvalue weighted by molar-refractivity contribution is 7.91. The molecule has 0 aromatic heterocycles. The van der Waals surface area contributed by atoms with E-state index in [1.165, 1.54) is 5.56 Å². The van der Waals surface area contributed by atoms with E-state index in [9.17, 15) is 13.2 Å². The Morgan fingerprint density at radius 2 is 2.14 bits per heavy atom. The van der Waals surface area contributed by atoms with Gasteiger partial charge in [-0.2, -0.15) is 0 Å². The summed E-state index contributed by atoms with van der Waals surface area (Å²) in [5.74, 6) is 0.0642. The molecule has 116 valence electrons. The Kier molecular flexibility index (Phi) is 4.88. The molecule has 6 heteroatoms. The van der Waals surface area contributed by atoms with Gasteiger partial charge in [-0.3, -0.25) is 4.79 Å². The van der Waals surface area contributed by atoms with Gasteiger partial charge in [0.2, 0.25) is 5.91 Å². The molecule has 1 heterocycles. The first-order valence-corrected chi connectivity index (χ1v) is 9.05. The predicted octanol–water partition coefficient (Wildman–Crippen LogP) is 1.27. The number of hydrogen-bond donors (Lipinski definition) is 2. The minimum atomic E-state index is -2.96. The monoisotopic (exact) mass is 310 g/mol. The number of carbonyl (C=O) groups is 1. The third-order valence-corrected chi connectivity index (χ3v) is 5.53. The standard InChI is InChI=1S/C15H22N2O3S/c1-3-12-6-4-5-11(2)15(12)16-9-14(18)17-13-7-8-21(19,20)10-13/h4-6,13,16H,3,7-10H2,1-2H3,(H,17,18). The summed E-state index contributed by atoms with van der Waals surface area (Å²) in [6.07, 6.45) is 1.41. The van der Waals surface area contributed by atoms with Gasteiger partial charge in [0, 0.05) is 11.7 Å². The summed E-state index contributed by atoms with van der Waals surface area (Å²) in [5.41, 5.74) is 3.27. The molecule has 2 N–H and O–H groups in total. The molecule has 1 atom stereocenters. The molecule has 0 radical (unpaired) electrons. The number of hydrogen-bond acceptors (Lipinski definition) is 4. The first kappa shape index (κ1) is 15.8. The molecule has 1 aliphatic heterocycles. The molecule has 1 amide bonds. The molecule has 1 aliphatic rings. The molecule has 0 bridgehead atoms. The van der Waals surface area contributed by atoms with E-state index in [4.69, 9.17) is 0 Å². The lowest BCUT2D eigenvalue weighted by molar-refractivity contribution is -0.119. The first-order valence-electron chi connectivity index (χ1n) is 7.23. The molecule has 1 unspecified atom stereocenters. The van der Waals surface area contributed by atoms with Crippen LogP contribution < -0.4 is 10.6 Å². The maximum absolute atomic E-state index is 11.9. The molecule has 1 fully saturated rings. The van der Waals surface area contributed by atoms with Gasteiger partial charge in [0.15, 0.2) is 9.84 Å². The van der Waals surface area contributed by atoms with Crippen molar-refractivity contribution in [2.75, 3.05) is 23.4 Å². The van der Waals surface area contributed by atoms with E-state index in [2.05, 4.69) is 17.6 Å². The predicted molar refractivity (Wildman–Crippen MR) is 84.2 cm³/mol. The van der Waals surface area contributed by atoms with E-state index in [0.717, 1.165) is 17.7 Å². The van der Waals surface area contributed by atoms with Crippen molar-refractivity contribution in [2.45, 2.75) is 32.7 Å². The van der Waals surface area contributed by atoms with Crippen LogP contribution >= 0.6 is 0 Å². The van der Waals surface area contributed by atoms with Crippen molar-refractivity contribution >= 4 is 21.4 Å². The van der Waals surface area contributed by atoms with Crippen molar-refractivity contribution in [3.8, 4) is 0 Å². The summed E-state index contributed by atoms with van der Waals surface area (Å²) in [6.45, 7) is 4.24. The largest absolute Gasteiger partial charge is 0.376 e. The number of nitrogens with one attached hydrogen (secondary N) is 2. The SMILES string of the molecule is CCc1cccc(C)c1NCC(=O)NC1CCS(=O)(=O)C1. The maximum atomic E-state index is 11.9. The van der Waals surface area contributed by atoms with Crippen LogP contribution in [0.3, 0.4) is 0 Å². The number of amides is 1. The molecule has 0 spiro atoms. The zero-order valence-corrected chi connectivity index (χ0v) is 13.3. The smallest absolute Gasteiger partial charge is 0.239 e. The van der Waals surface area contributed by atoms with E-state index in [0.29, 0.717) is 6.42 Å². The van der Waals surface area contributed by atoms with Crippen molar-refractivity contribution < 1.29 is 13.2 Å². The minimum Gasteiger partial charge on any atom is -0.376 e. The van der Waals surface area contributed by atoms with Crippen molar-refractivity contribution in [1.29, 1.82) is 0 Å². The first-order chi connectivity index (χ1) is 9.91. The lowest BCUT2D eigenvalue weighted by atomic mass is 10.1. The van der Waals surface area contributed by atoms with E-state index < -0.39 is 9.84 Å². The third-order valence-electron chi connectivity index (χ3n) is 3.76. The average Bonchev–Trinajstić information content (AvgIpc) is 2.76. The molecule has 1 aromatic carbocycles. The molecule has 0 aliphatic carbocycles. The normalized spacial score (nSPS) is 20.2. The summed E-state index contributed by atoms with van der Waals surface area (Å²) in [4.78, 5) is 11.9. The number of anilines is 1. The molecule has 2 rings (SSSR count). The van der Waals surface area contributed by atoms with Crippen molar-refractivity contribution in [3.63, 3.8) is 0 Å². The van der Waals surface area contributed by atoms with Crippen LogP contribution in [-0.4, -0.2) is 38.4 Å². The fourth-order valence-electron chi connectivity index (χ4n) is 2.63. The second kappa shape index (κ2) is 6.47. The number of aryl methyl sites for hydroxylation is 2. The zero-order valence-electron chi connectivity index (χ0n) is 12.5. The Morgan fingerprint density at radius 3 is 2.76 bits per heavy atom. The van der Waals surface area contributed by atoms with Crippen LogP contribution in [0.25, 0.3) is 0 Å². The van der Waals surface area contributed by atoms with E-state index in [-0.39, 0.29) is 30.0 Å². The molecular weight excluding hydrogens is 288 g/mol. The average molecular weight is 310 g/mol. The van der Waals surface area contributed by atoms with E-state index in [1.54, 1.807) is 0 Å². The van der Waals surface area contributed by atoms with Gasteiger partial charge < -0.3 is 10.6 Å². The Hall–Kier alpha value is -1.56. The number of para-hydroxylation sites is 1. The summed E-state index contributed by atoms with van der Waals surface area (Å²) in [5, 5.41) is 5.95. The maximum Gasteiger partial charge on any atom is 0.239 e. The summed E-state index contributed by atoms with van der Waals surface area (Å²) in [7, 11) is -2.96. The Labute approximate surface area is 126 Å². The Bertz CT molecular complexity index is 626. The van der Waals surface area contributed by atoms with Gasteiger partial charge in [-0.05, 0) is 30.9 Å². The van der Waals surface area contributed by atoms with Crippen LogP contribution in [0.5, 0.6) is 0 Å². The Balaban J connectivity index is 1.90. The minimum absolute atomic E-state index is 0.0588. The number of sulfone groups is 1. The fourth-order valence-corrected chi connectivity index (χ4v) is 4.31. The van der Waals surface area contributed by atoms with Gasteiger partial charge in [-0.1, -0.05) is 25.1 Å². The highest BCUT2D eigenvalue weighted by Crippen LogP contribution is 2.20. The number of carbonyl (C=O) groups excluding carboxylic acids is 1. The van der Waals surface area contributed by atoms with Crippen LogP contribution in [0.4, 0.5) is 5.69 Å². The lowest BCUT2D eigenvalue weighted by Crippen LogP contribution is -2.39. The highest BCUT2D eigenvalue weighted by atomic mass is 32.2. The van der Waals surface area contributed by atoms with Crippen LogP contribution in [0, 0.1) is 6.92 Å². The van der Waals surface area contributed by atoms with Gasteiger partial charge in [0.25, 0.3) is 0 Å². The number of benzene rings is 1. The van der Waals surface area contributed by atoms with Crippen molar-refractivity contribution in [3.05, 3.63) is 29.3 Å². The molecule has 1 aromatic rings. The van der Waals surface area contributed by atoms with Gasteiger partial charge >= 0.3 is 0 Å². The fraction of sp³-hybridized carbons (Fsp3) is 0.533. The van der Waals surface area contributed by atoms with Crippen LogP contribution in [-0.2, 0) is 21.1 Å². The lowest BCUT2D eigenvalue weighted by Gasteiger charge is -2.15. The van der Waals surface area contributed by atoms with E-state index >= 15 is 0 Å². The second-order valence-electron chi connectivity index (χ2n) is 5.48. The third kappa shape index (κ3) is 4.20. The Morgan fingerprint density at radius 1 is 1.38 bits per heavy atom. The van der Waals surface area contributed by atoms with Crippen molar-refractivity contribution in [2.24, 2.45) is 0 Å². The molecule has 0 saturated carbocycles. The highest BCUT2D eigenvalue weighted by Gasteiger charge is 2.28. The van der Waals surface area contributed by atoms with Crippen LogP contribution in [0.15, 0.2) is 18.2 Å². The molecule has 5 nitrogen and oxygen atoms in total. The van der Waals surface area contributed by atoms with Gasteiger partial charge in [-0.15, -0.1) is 0 Å². The summed E-state index contributed by atoms with van der Waals surface area (Å²) >= 11 is 0. The quantitative estimate of drug-likeness (QED) is 0.859. The van der Waals surface area contributed by atoms with Crippen LogP contribution in [0.2, 0.25) is 0 Å². The zero-order chi connectivity index (χ0) is 15.5. The van der Waals surface area contributed by atoms with Gasteiger partial charge in [-0.25, -0.2) is 8.42 Å².